The van der Waals surface area contributed by atoms with E-state index in [1.165, 1.54) is 16.7 Å². The largest absolute Gasteiger partial charge is 0.492 e. The molecule has 0 saturated heterocycles. The normalized spacial score (nSPS) is 10.4. The van der Waals surface area contributed by atoms with Crippen LogP contribution in [0.5, 0.6) is 5.75 Å². The molecule has 0 aliphatic heterocycles. The molecule has 3 aromatic carbocycles. The molecule has 0 aromatic heterocycles. The third-order valence-electron chi connectivity index (χ3n) is 3.68. The second-order valence-corrected chi connectivity index (χ2v) is 5.40. The average Bonchev–Trinajstić information content (AvgIpc) is 2.64. The Morgan fingerprint density at radius 2 is 1.26 bits per heavy atom. The topological polar surface area (TPSA) is 21.3 Å². The molecule has 0 atom stereocenters. The van der Waals surface area contributed by atoms with Gasteiger partial charge in [0, 0.05) is 13.1 Å². The number of hydrogen-bond acceptors (Lipinski definition) is 2. The Labute approximate surface area is 137 Å². The highest BCUT2D eigenvalue weighted by atomic mass is 16.5. The van der Waals surface area contributed by atoms with Crippen molar-refractivity contribution in [2.45, 2.75) is 6.54 Å². The lowest BCUT2D eigenvalue weighted by molar-refractivity contribution is 0.313. The molecule has 23 heavy (non-hydrogen) atoms. The number of nitrogens with one attached hydrogen (secondary N) is 1. The zero-order chi connectivity index (χ0) is 15.7. The lowest BCUT2D eigenvalue weighted by Gasteiger charge is -2.08. The minimum Gasteiger partial charge on any atom is -0.492 e. The maximum atomic E-state index is 5.77. The van der Waals surface area contributed by atoms with Gasteiger partial charge in [0.05, 0.1) is 0 Å². The summed E-state index contributed by atoms with van der Waals surface area (Å²) < 4.78 is 5.77. The van der Waals surface area contributed by atoms with Crippen LogP contribution in [0.15, 0.2) is 84.9 Å². The van der Waals surface area contributed by atoms with Gasteiger partial charge in [0.15, 0.2) is 0 Å². The minimum absolute atomic E-state index is 0.664. The van der Waals surface area contributed by atoms with Crippen molar-refractivity contribution in [1.29, 1.82) is 0 Å². The Morgan fingerprint density at radius 3 is 1.96 bits per heavy atom. The van der Waals surface area contributed by atoms with Crippen LogP contribution in [0, 0.1) is 0 Å². The molecule has 0 amide bonds. The highest BCUT2D eigenvalue weighted by molar-refractivity contribution is 5.63. The van der Waals surface area contributed by atoms with E-state index in [9.17, 15) is 0 Å². The molecule has 3 aromatic rings. The Kier molecular flexibility index (Phi) is 5.43. The summed E-state index contributed by atoms with van der Waals surface area (Å²) in [7, 11) is 0. The van der Waals surface area contributed by atoms with Crippen molar-refractivity contribution >= 4 is 0 Å². The van der Waals surface area contributed by atoms with Gasteiger partial charge in [-0.1, -0.05) is 72.8 Å². The van der Waals surface area contributed by atoms with Gasteiger partial charge in [-0.15, -0.1) is 0 Å². The molecule has 0 bridgehead atoms. The number of benzene rings is 3. The molecule has 0 radical (unpaired) electrons. The summed E-state index contributed by atoms with van der Waals surface area (Å²) in [5, 5.41) is 3.38. The molecule has 0 unspecified atom stereocenters. The Bertz CT molecular complexity index is 693. The molecule has 0 saturated carbocycles. The van der Waals surface area contributed by atoms with Gasteiger partial charge in [-0.2, -0.15) is 0 Å². The predicted octanol–water partition coefficient (Wildman–Crippen LogP) is 4.52. The van der Waals surface area contributed by atoms with Crippen LogP contribution in [0.4, 0.5) is 0 Å². The van der Waals surface area contributed by atoms with Crippen molar-refractivity contribution in [3.8, 4) is 16.9 Å². The maximum Gasteiger partial charge on any atom is 0.119 e. The summed E-state index contributed by atoms with van der Waals surface area (Å²) in [6.07, 6.45) is 0. The Balaban J connectivity index is 1.42. The molecule has 0 spiro atoms. The van der Waals surface area contributed by atoms with Crippen molar-refractivity contribution in [2.24, 2.45) is 0 Å². The summed E-state index contributed by atoms with van der Waals surface area (Å²) in [4.78, 5) is 0. The van der Waals surface area contributed by atoms with Crippen LogP contribution in [0.2, 0.25) is 0 Å². The fraction of sp³-hybridized carbons (Fsp3) is 0.143. The summed E-state index contributed by atoms with van der Waals surface area (Å²) in [5.74, 6) is 0.909. The summed E-state index contributed by atoms with van der Waals surface area (Å²) in [6.45, 7) is 2.37. The predicted molar refractivity (Wildman–Crippen MR) is 95.5 cm³/mol. The third-order valence-corrected chi connectivity index (χ3v) is 3.68. The van der Waals surface area contributed by atoms with Crippen LogP contribution in [0.25, 0.3) is 11.1 Å². The molecule has 0 heterocycles. The highest BCUT2D eigenvalue weighted by Gasteiger charge is 1.98. The van der Waals surface area contributed by atoms with E-state index in [0.29, 0.717) is 6.61 Å². The van der Waals surface area contributed by atoms with Gasteiger partial charge < -0.3 is 10.1 Å². The summed E-state index contributed by atoms with van der Waals surface area (Å²) in [5.41, 5.74) is 3.73. The van der Waals surface area contributed by atoms with Crippen LogP contribution in [-0.2, 0) is 6.54 Å². The molecule has 0 fully saturated rings. The average molecular weight is 303 g/mol. The second kappa shape index (κ2) is 8.16. The zero-order valence-corrected chi connectivity index (χ0v) is 13.1. The number of hydrogen-bond donors (Lipinski definition) is 1. The quantitative estimate of drug-likeness (QED) is 0.648. The highest BCUT2D eigenvalue weighted by Crippen LogP contribution is 2.21. The van der Waals surface area contributed by atoms with Crippen LogP contribution in [-0.4, -0.2) is 13.2 Å². The van der Waals surface area contributed by atoms with Crippen molar-refractivity contribution in [3.05, 3.63) is 90.5 Å². The third kappa shape index (κ3) is 4.70. The first-order valence-corrected chi connectivity index (χ1v) is 7.95. The van der Waals surface area contributed by atoms with Crippen LogP contribution >= 0.6 is 0 Å². The van der Waals surface area contributed by atoms with E-state index < -0.39 is 0 Å². The van der Waals surface area contributed by atoms with Gasteiger partial charge in [0.25, 0.3) is 0 Å². The fourth-order valence-electron chi connectivity index (χ4n) is 2.44. The van der Waals surface area contributed by atoms with E-state index in [-0.39, 0.29) is 0 Å². The van der Waals surface area contributed by atoms with E-state index in [1.54, 1.807) is 0 Å². The van der Waals surface area contributed by atoms with E-state index in [0.717, 1.165) is 18.8 Å². The number of ether oxygens (including phenoxy) is 1. The van der Waals surface area contributed by atoms with Gasteiger partial charge in [0.2, 0.25) is 0 Å². The van der Waals surface area contributed by atoms with Crippen molar-refractivity contribution in [3.63, 3.8) is 0 Å². The lowest BCUT2D eigenvalue weighted by atomic mass is 10.1. The van der Waals surface area contributed by atoms with Crippen LogP contribution < -0.4 is 10.1 Å². The van der Waals surface area contributed by atoms with Crippen LogP contribution in [0.1, 0.15) is 5.56 Å². The monoisotopic (exact) mass is 303 g/mol. The first-order valence-electron chi connectivity index (χ1n) is 7.95. The van der Waals surface area contributed by atoms with Crippen molar-refractivity contribution in [2.75, 3.05) is 13.2 Å². The molecule has 0 aliphatic rings. The second-order valence-electron chi connectivity index (χ2n) is 5.40. The molecule has 3 rings (SSSR count). The van der Waals surface area contributed by atoms with E-state index in [2.05, 4.69) is 66.0 Å². The van der Waals surface area contributed by atoms with Crippen molar-refractivity contribution in [1.82, 2.24) is 5.32 Å². The van der Waals surface area contributed by atoms with Gasteiger partial charge in [0.1, 0.15) is 12.4 Å². The van der Waals surface area contributed by atoms with E-state index in [4.69, 9.17) is 4.74 Å². The first kappa shape index (κ1) is 15.3. The number of rotatable bonds is 7. The first-order chi connectivity index (χ1) is 11.4. The van der Waals surface area contributed by atoms with E-state index in [1.807, 2.05) is 24.3 Å². The Hall–Kier alpha value is -2.58. The molecule has 2 nitrogen and oxygen atoms in total. The molecule has 2 heteroatoms. The standard InChI is InChI=1S/C21H21NO/c1-3-7-18(8-4-1)17-22-15-16-23-21-13-11-20(12-14-21)19-9-5-2-6-10-19/h1-14,22H,15-17H2. The molecule has 0 aliphatic carbocycles. The fourth-order valence-corrected chi connectivity index (χ4v) is 2.44. The maximum absolute atomic E-state index is 5.77. The van der Waals surface area contributed by atoms with E-state index >= 15 is 0 Å². The van der Waals surface area contributed by atoms with Gasteiger partial charge >= 0.3 is 0 Å². The smallest absolute Gasteiger partial charge is 0.119 e. The Morgan fingerprint density at radius 1 is 0.652 bits per heavy atom. The molecule has 116 valence electrons. The van der Waals surface area contributed by atoms with Gasteiger partial charge in [-0.25, -0.2) is 0 Å². The van der Waals surface area contributed by atoms with Crippen molar-refractivity contribution < 1.29 is 4.74 Å². The summed E-state index contributed by atoms with van der Waals surface area (Å²) in [6, 6.07) is 29.0. The SMILES string of the molecule is c1ccc(CNCCOc2ccc(-c3ccccc3)cc2)cc1. The zero-order valence-electron chi connectivity index (χ0n) is 13.1. The minimum atomic E-state index is 0.664. The summed E-state index contributed by atoms with van der Waals surface area (Å²) >= 11 is 0. The molecule has 1 N–H and O–H groups in total. The lowest BCUT2D eigenvalue weighted by Crippen LogP contribution is -2.20. The van der Waals surface area contributed by atoms with Crippen LogP contribution in [0.3, 0.4) is 0 Å². The molecular weight excluding hydrogens is 282 g/mol. The molecular formula is C21H21NO. The van der Waals surface area contributed by atoms with Gasteiger partial charge in [-0.05, 0) is 28.8 Å². The van der Waals surface area contributed by atoms with Gasteiger partial charge in [-0.3, -0.25) is 0 Å².